The minimum absolute atomic E-state index is 0.0745. The number of hydrogen-bond donors (Lipinski definition) is 1. The highest BCUT2D eigenvalue weighted by atomic mass is 35.5. The van der Waals surface area contributed by atoms with Crippen molar-refractivity contribution in [2.24, 2.45) is 5.92 Å². The van der Waals surface area contributed by atoms with Crippen LogP contribution in [0.4, 0.5) is 14.5 Å². The van der Waals surface area contributed by atoms with Crippen LogP contribution in [0.15, 0.2) is 11.0 Å². The number of halogens is 3. The van der Waals surface area contributed by atoms with Crippen molar-refractivity contribution in [1.29, 1.82) is 0 Å². The summed E-state index contributed by atoms with van der Waals surface area (Å²) < 4.78 is 29.9. The van der Waals surface area contributed by atoms with Crippen molar-refractivity contribution in [3.8, 4) is 0 Å². The van der Waals surface area contributed by atoms with E-state index < -0.39 is 13.0 Å². The van der Waals surface area contributed by atoms with Gasteiger partial charge in [0.1, 0.15) is 12.3 Å². The van der Waals surface area contributed by atoms with Gasteiger partial charge in [0.2, 0.25) is 0 Å². The molecule has 0 spiro atoms. The lowest BCUT2D eigenvalue weighted by molar-refractivity contribution is 0.0215. The Morgan fingerprint density at radius 2 is 2.29 bits per heavy atom. The Labute approximate surface area is 126 Å². The van der Waals surface area contributed by atoms with E-state index in [1.807, 2.05) is 0 Å². The number of nitrogens with zero attached hydrogens (tertiary/aromatic N) is 2. The highest BCUT2D eigenvalue weighted by Gasteiger charge is 2.20. The van der Waals surface area contributed by atoms with Crippen LogP contribution in [0, 0.1) is 5.92 Å². The zero-order valence-corrected chi connectivity index (χ0v) is 12.3. The Kier molecular flexibility index (Phi) is 5.93. The fourth-order valence-electron chi connectivity index (χ4n) is 2.10. The van der Waals surface area contributed by atoms with Gasteiger partial charge in [-0.2, -0.15) is 5.10 Å². The van der Waals surface area contributed by atoms with Crippen LogP contribution in [0.3, 0.4) is 0 Å². The summed E-state index contributed by atoms with van der Waals surface area (Å²) in [5.74, 6) is 0.499. The van der Waals surface area contributed by atoms with E-state index in [9.17, 15) is 13.6 Å². The molecule has 2 rings (SSSR count). The Balaban J connectivity index is 1.91. The van der Waals surface area contributed by atoms with Crippen LogP contribution < -0.4 is 10.9 Å². The van der Waals surface area contributed by atoms with Crippen molar-refractivity contribution < 1.29 is 13.5 Å². The average molecular weight is 322 g/mol. The standard InChI is InChI=1S/C13H18ClF2N3O2/c14-10-6-18-19(7-9-2-1-3-9)13(20)12(10)17-4-5-21-8-11(15)16/h6,9,11,17H,1-5,7-8H2. The van der Waals surface area contributed by atoms with Gasteiger partial charge in [-0.3, -0.25) is 4.79 Å². The molecule has 1 N–H and O–H groups in total. The summed E-state index contributed by atoms with van der Waals surface area (Å²) in [5.41, 5.74) is -0.0464. The molecule has 1 fully saturated rings. The minimum atomic E-state index is -2.49. The van der Waals surface area contributed by atoms with Gasteiger partial charge in [0.05, 0.1) is 17.8 Å². The van der Waals surface area contributed by atoms with E-state index in [0.29, 0.717) is 12.5 Å². The van der Waals surface area contributed by atoms with Crippen LogP contribution in [0.1, 0.15) is 19.3 Å². The maximum atomic E-state index is 12.2. The molecule has 0 aliphatic heterocycles. The molecule has 1 aliphatic carbocycles. The normalized spacial score (nSPS) is 15.2. The molecular formula is C13H18ClF2N3O2. The van der Waals surface area contributed by atoms with Gasteiger partial charge >= 0.3 is 0 Å². The molecule has 0 amide bonds. The van der Waals surface area contributed by atoms with Gasteiger partial charge in [-0.15, -0.1) is 0 Å². The third-order valence-electron chi connectivity index (χ3n) is 3.45. The molecule has 1 heterocycles. The number of alkyl halides is 2. The van der Waals surface area contributed by atoms with Gasteiger partial charge in [0, 0.05) is 13.1 Å². The van der Waals surface area contributed by atoms with Gasteiger partial charge in [0.15, 0.2) is 0 Å². The van der Waals surface area contributed by atoms with Crippen molar-refractivity contribution in [2.45, 2.75) is 32.2 Å². The molecule has 0 bridgehead atoms. The largest absolute Gasteiger partial charge is 0.377 e. The number of rotatable bonds is 8. The zero-order valence-electron chi connectivity index (χ0n) is 11.5. The molecule has 0 unspecified atom stereocenters. The number of ether oxygens (including phenoxy) is 1. The lowest BCUT2D eigenvalue weighted by atomic mass is 9.85. The lowest BCUT2D eigenvalue weighted by Crippen LogP contribution is -2.31. The summed E-state index contributed by atoms with van der Waals surface area (Å²) in [4.78, 5) is 12.2. The SMILES string of the molecule is O=c1c(NCCOCC(F)F)c(Cl)cnn1CC1CCC1. The van der Waals surface area contributed by atoms with Crippen molar-refractivity contribution in [3.63, 3.8) is 0 Å². The average Bonchev–Trinajstić information content (AvgIpc) is 2.38. The molecule has 1 aromatic heterocycles. The van der Waals surface area contributed by atoms with Gasteiger partial charge in [-0.1, -0.05) is 18.0 Å². The first-order chi connectivity index (χ1) is 10.1. The molecule has 1 saturated carbocycles. The van der Waals surface area contributed by atoms with E-state index in [2.05, 4.69) is 10.4 Å². The highest BCUT2D eigenvalue weighted by Crippen LogP contribution is 2.27. The predicted octanol–water partition coefficient (Wildman–Crippen LogP) is 2.39. The Bertz CT molecular complexity index is 521. The minimum Gasteiger partial charge on any atom is -0.377 e. The molecule has 118 valence electrons. The van der Waals surface area contributed by atoms with E-state index in [0.717, 1.165) is 12.8 Å². The number of anilines is 1. The van der Waals surface area contributed by atoms with Crippen molar-refractivity contribution >= 4 is 17.3 Å². The van der Waals surface area contributed by atoms with E-state index in [1.165, 1.54) is 17.3 Å². The predicted molar refractivity (Wildman–Crippen MR) is 76.2 cm³/mol. The van der Waals surface area contributed by atoms with Crippen LogP contribution in [-0.2, 0) is 11.3 Å². The summed E-state index contributed by atoms with van der Waals surface area (Å²) in [6.07, 6.45) is 2.35. The summed E-state index contributed by atoms with van der Waals surface area (Å²) in [7, 11) is 0. The maximum absolute atomic E-state index is 12.2. The molecule has 1 aliphatic rings. The summed E-state index contributed by atoms with van der Waals surface area (Å²) >= 11 is 5.95. The van der Waals surface area contributed by atoms with Gasteiger partial charge in [-0.25, -0.2) is 13.5 Å². The van der Waals surface area contributed by atoms with Crippen LogP contribution in [-0.4, -0.2) is 36.0 Å². The third-order valence-corrected chi connectivity index (χ3v) is 3.73. The second-order valence-corrected chi connectivity index (χ2v) is 5.45. The molecule has 21 heavy (non-hydrogen) atoms. The molecule has 8 heteroatoms. The smallest absolute Gasteiger partial charge is 0.291 e. The second kappa shape index (κ2) is 7.70. The van der Waals surface area contributed by atoms with Gasteiger partial charge in [0.25, 0.3) is 12.0 Å². The van der Waals surface area contributed by atoms with E-state index in [1.54, 1.807) is 0 Å². The van der Waals surface area contributed by atoms with Crippen molar-refractivity contribution in [1.82, 2.24) is 9.78 Å². The quantitative estimate of drug-likeness (QED) is 0.747. The molecule has 0 aromatic carbocycles. The molecule has 0 saturated heterocycles. The van der Waals surface area contributed by atoms with Crippen molar-refractivity contribution in [3.05, 3.63) is 21.6 Å². The number of hydrogen-bond acceptors (Lipinski definition) is 4. The fourth-order valence-corrected chi connectivity index (χ4v) is 2.29. The van der Waals surface area contributed by atoms with Crippen molar-refractivity contribution in [2.75, 3.05) is 25.1 Å². The molecular weight excluding hydrogens is 304 g/mol. The molecule has 5 nitrogen and oxygen atoms in total. The maximum Gasteiger partial charge on any atom is 0.291 e. The Morgan fingerprint density at radius 1 is 1.52 bits per heavy atom. The molecule has 0 radical (unpaired) electrons. The Hall–Kier alpha value is -1.21. The van der Waals surface area contributed by atoms with E-state index in [4.69, 9.17) is 16.3 Å². The van der Waals surface area contributed by atoms with E-state index >= 15 is 0 Å². The molecule has 1 aromatic rings. The fraction of sp³-hybridized carbons (Fsp3) is 0.692. The Morgan fingerprint density at radius 3 is 2.90 bits per heavy atom. The third kappa shape index (κ3) is 4.64. The van der Waals surface area contributed by atoms with Crippen LogP contribution in [0.2, 0.25) is 5.02 Å². The van der Waals surface area contributed by atoms with Crippen LogP contribution in [0.25, 0.3) is 0 Å². The van der Waals surface area contributed by atoms with E-state index in [-0.39, 0.29) is 29.4 Å². The lowest BCUT2D eigenvalue weighted by Gasteiger charge is -2.25. The first kappa shape index (κ1) is 16.2. The monoisotopic (exact) mass is 321 g/mol. The second-order valence-electron chi connectivity index (χ2n) is 5.04. The first-order valence-electron chi connectivity index (χ1n) is 6.93. The first-order valence-corrected chi connectivity index (χ1v) is 7.31. The number of nitrogens with one attached hydrogen (secondary N) is 1. The zero-order chi connectivity index (χ0) is 15.2. The summed E-state index contributed by atoms with van der Waals surface area (Å²) in [5, 5.41) is 7.08. The van der Waals surface area contributed by atoms with Gasteiger partial charge in [-0.05, 0) is 18.8 Å². The topological polar surface area (TPSA) is 56.1 Å². The van der Waals surface area contributed by atoms with Crippen LogP contribution >= 0.6 is 11.6 Å². The number of aromatic nitrogens is 2. The highest BCUT2D eigenvalue weighted by molar-refractivity contribution is 6.32. The van der Waals surface area contributed by atoms with Crippen LogP contribution in [0.5, 0.6) is 0 Å². The summed E-state index contributed by atoms with van der Waals surface area (Å²) in [6, 6.07) is 0. The molecule has 0 atom stereocenters. The van der Waals surface area contributed by atoms with Gasteiger partial charge < -0.3 is 10.1 Å². The summed E-state index contributed by atoms with van der Waals surface area (Å²) in [6.45, 7) is 0.282.